The van der Waals surface area contributed by atoms with E-state index in [-0.39, 0.29) is 10.7 Å². The molecule has 0 radical (unpaired) electrons. The molecule has 0 saturated carbocycles. The number of carbonyl (C=O) groups is 1. The minimum absolute atomic E-state index is 0.138. The highest BCUT2D eigenvalue weighted by Gasteiger charge is 2.16. The van der Waals surface area contributed by atoms with Crippen LogP contribution in [0.25, 0.3) is 0 Å². The van der Waals surface area contributed by atoms with Crippen molar-refractivity contribution in [2.24, 2.45) is 0 Å². The summed E-state index contributed by atoms with van der Waals surface area (Å²) in [6, 6.07) is 5.51. The molecule has 0 unspecified atom stereocenters. The molecule has 1 heterocycles. The molecule has 0 aliphatic carbocycles. The summed E-state index contributed by atoms with van der Waals surface area (Å²) in [6.07, 6.45) is 3.25. The van der Waals surface area contributed by atoms with Crippen molar-refractivity contribution in [2.45, 2.75) is 12.1 Å². The minimum atomic E-state index is -0.401. The van der Waals surface area contributed by atoms with Crippen molar-refractivity contribution in [3.05, 3.63) is 40.7 Å². The van der Waals surface area contributed by atoms with E-state index in [0.29, 0.717) is 16.6 Å². The fraction of sp³-hybridized carbons (Fsp3) is 0.214. The second kappa shape index (κ2) is 6.78. The molecule has 5 nitrogen and oxygen atoms in total. The molecule has 1 amide bonds. The number of thioether (sulfide) groups is 1. The molecule has 0 spiro atoms. The van der Waals surface area contributed by atoms with Crippen LogP contribution >= 0.6 is 23.4 Å². The maximum atomic E-state index is 12.3. The van der Waals surface area contributed by atoms with Gasteiger partial charge in [-0.3, -0.25) is 4.79 Å². The number of aryl methyl sites for hydroxylation is 1. The molecule has 110 valence electrons. The molecule has 0 fully saturated rings. The Morgan fingerprint density at radius 1 is 1.43 bits per heavy atom. The first kappa shape index (κ1) is 15.6. The maximum absolute atomic E-state index is 12.3. The highest BCUT2D eigenvalue weighted by molar-refractivity contribution is 7.98. The van der Waals surface area contributed by atoms with Gasteiger partial charge in [0, 0.05) is 0 Å². The summed E-state index contributed by atoms with van der Waals surface area (Å²) in [6.45, 7) is 1.93. The molecule has 7 heteroatoms. The van der Waals surface area contributed by atoms with E-state index >= 15 is 0 Å². The first-order chi connectivity index (χ1) is 10.0. The topological polar surface area (TPSA) is 64.1 Å². The van der Waals surface area contributed by atoms with Gasteiger partial charge in [-0.15, -0.1) is 0 Å². The maximum Gasteiger partial charge on any atom is 0.276 e. The summed E-state index contributed by atoms with van der Waals surface area (Å²) >= 11 is 7.33. The number of anilines is 1. The lowest BCUT2D eigenvalue weighted by molar-refractivity contribution is 0.102. The van der Waals surface area contributed by atoms with Gasteiger partial charge in [0.05, 0.1) is 24.0 Å². The van der Waals surface area contributed by atoms with E-state index in [1.165, 1.54) is 18.0 Å². The fourth-order valence-corrected chi connectivity index (χ4v) is 2.23. The van der Waals surface area contributed by atoms with Crippen LogP contribution in [-0.2, 0) is 0 Å². The van der Waals surface area contributed by atoms with Gasteiger partial charge in [0.2, 0.25) is 0 Å². The van der Waals surface area contributed by atoms with Crippen molar-refractivity contribution in [1.29, 1.82) is 0 Å². The Balaban J connectivity index is 2.32. The van der Waals surface area contributed by atoms with Crippen LogP contribution in [0.3, 0.4) is 0 Å². The quantitative estimate of drug-likeness (QED) is 0.690. The summed E-state index contributed by atoms with van der Waals surface area (Å²) in [4.78, 5) is 20.5. The van der Waals surface area contributed by atoms with Crippen molar-refractivity contribution in [2.75, 3.05) is 18.7 Å². The Morgan fingerprint density at radius 3 is 2.86 bits per heavy atom. The van der Waals surface area contributed by atoms with Gasteiger partial charge < -0.3 is 10.1 Å². The predicted molar refractivity (Wildman–Crippen MR) is 84.5 cm³/mol. The van der Waals surface area contributed by atoms with Gasteiger partial charge in [0.1, 0.15) is 5.75 Å². The number of rotatable bonds is 4. The first-order valence-corrected chi connectivity index (χ1v) is 7.68. The zero-order valence-corrected chi connectivity index (χ0v) is 13.4. The van der Waals surface area contributed by atoms with Gasteiger partial charge in [-0.2, -0.15) is 0 Å². The molecule has 21 heavy (non-hydrogen) atoms. The van der Waals surface area contributed by atoms with E-state index in [1.807, 2.05) is 25.3 Å². The molecule has 0 aliphatic heterocycles. The summed E-state index contributed by atoms with van der Waals surface area (Å²) in [5, 5.41) is 3.46. The number of aromatic nitrogens is 2. The number of hydrogen-bond acceptors (Lipinski definition) is 5. The van der Waals surface area contributed by atoms with E-state index in [1.54, 1.807) is 13.2 Å². The van der Waals surface area contributed by atoms with Crippen LogP contribution in [-0.4, -0.2) is 29.2 Å². The summed E-state index contributed by atoms with van der Waals surface area (Å²) < 4.78 is 5.23. The number of benzene rings is 1. The summed E-state index contributed by atoms with van der Waals surface area (Å²) in [5.74, 6) is 0.172. The lowest BCUT2D eigenvalue weighted by atomic mass is 10.2. The van der Waals surface area contributed by atoms with E-state index in [2.05, 4.69) is 15.3 Å². The summed E-state index contributed by atoms with van der Waals surface area (Å²) in [7, 11) is 1.55. The number of halogens is 1. The average Bonchev–Trinajstić information content (AvgIpc) is 2.48. The number of methoxy groups -OCH3 is 1. The first-order valence-electron chi connectivity index (χ1n) is 6.07. The van der Waals surface area contributed by atoms with Crippen molar-refractivity contribution >= 4 is 35.0 Å². The average molecular weight is 324 g/mol. The van der Waals surface area contributed by atoms with Gasteiger partial charge in [-0.1, -0.05) is 29.4 Å². The Bertz CT molecular complexity index is 679. The van der Waals surface area contributed by atoms with Crippen LogP contribution in [0.15, 0.2) is 29.6 Å². The molecule has 1 aromatic heterocycles. The largest absolute Gasteiger partial charge is 0.495 e. The van der Waals surface area contributed by atoms with Crippen LogP contribution in [0.5, 0.6) is 5.75 Å². The number of nitrogens with zero attached hydrogens (tertiary/aromatic N) is 2. The molecule has 2 aromatic rings. The van der Waals surface area contributed by atoms with E-state index < -0.39 is 5.91 Å². The monoisotopic (exact) mass is 323 g/mol. The lowest BCUT2D eigenvalue weighted by Gasteiger charge is -2.11. The normalized spacial score (nSPS) is 10.3. The van der Waals surface area contributed by atoms with Gasteiger partial charge in [0.25, 0.3) is 5.91 Å². The number of ether oxygens (including phenoxy) is 1. The number of hydrogen-bond donors (Lipinski definition) is 1. The molecular weight excluding hydrogens is 310 g/mol. The molecule has 0 aliphatic rings. The van der Waals surface area contributed by atoms with Crippen molar-refractivity contribution in [3.63, 3.8) is 0 Å². The third kappa shape index (κ3) is 3.65. The highest BCUT2D eigenvalue weighted by Crippen LogP contribution is 2.26. The highest BCUT2D eigenvalue weighted by atomic mass is 35.5. The van der Waals surface area contributed by atoms with Crippen LogP contribution in [0.2, 0.25) is 5.02 Å². The fourth-order valence-electron chi connectivity index (χ4n) is 1.71. The molecule has 0 atom stereocenters. The van der Waals surface area contributed by atoms with Gasteiger partial charge in [-0.25, -0.2) is 9.97 Å². The summed E-state index contributed by atoms with van der Waals surface area (Å²) in [5.41, 5.74) is 1.71. The van der Waals surface area contributed by atoms with Gasteiger partial charge in [0.15, 0.2) is 10.9 Å². The van der Waals surface area contributed by atoms with Crippen molar-refractivity contribution in [1.82, 2.24) is 9.97 Å². The second-order valence-corrected chi connectivity index (χ2v) is 5.39. The molecule has 1 aromatic carbocycles. The van der Waals surface area contributed by atoms with E-state index in [4.69, 9.17) is 16.3 Å². The number of amides is 1. The molecule has 2 rings (SSSR count). The Kier molecular flexibility index (Phi) is 5.03. The third-order valence-corrected chi connectivity index (χ3v) is 3.56. The SMILES string of the molecule is COc1ccc(C)cc1NC(=O)c1nc(SC)ncc1Cl. The third-order valence-electron chi connectivity index (χ3n) is 2.72. The van der Waals surface area contributed by atoms with Crippen LogP contribution < -0.4 is 10.1 Å². The Labute approximate surface area is 132 Å². The number of nitrogens with one attached hydrogen (secondary N) is 1. The van der Waals surface area contributed by atoms with Gasteiger partial charge in [-0.05, 0) is 30.9 Å². The van der Waals surface area contributed by atoms with E-state index in [9.17, 15) is 4.79 Å². The second-order valence-electron chi connectivity index (χ2n) is 4.21. The van der Waals surface area contributed by atoms with Crippen LogP contribution in [0.1, 0.15) is 16.1 Å². The Hall–Kier alpha value is -1.79. The lowest BCUT2D eigenvalue weighted by Crippen LogP contribution is -2.15. The van der Waals surface area contributed by atoms with Gasteiger partial charge >= 0.3 is 0 Å². The van der Waals surface area contributed by atoms with Crippen molar-refractivity contribution < 1.29 is 9.53 Å². The van der Waals surface area contributed by atoms with E-state index in [0.717, 1.165) is 5.56 Å². The van der Waals surface area contributed by atoms with Crippen LogP contribution in [0.4, 0.5) is 5.69 Å². The van der Waals surface area contributed by atoms with Crippen molar-refractivity contribution in [3.8, 4) is 5.75 Å². The predicted octanol–water partition coefficient (Wildman–Crippen LogP) is 3.42. The number of carbonyl (C=O) groups excluding carboxylic acids is 1. The van der Waals surface area contributed by atoms with Crippen LogP contribution in [0, 0.1) is 6.92 Å². The smallest absolute Gasteiger partial charge is 0.276 e. The zero-order valence-electron chi connectivity index (χ0n) is 11.8. The molecule has 0 saturated heterocycles. The zero-order chi connectivity index (χ0) is 15.4. The molecular formula is C14H14ClN3O2S. The Morgan fingerprint density at radius 2 is 2.19 bits per heavy atom. The molecule has 1 N–H and O–H groups in total. The molecule has 0 bridgehead atoms. The standard InChI is InChI=1S/C14H14ClN3O2S/c1-8-4-5-11(20-2)10(6-8)17-13(19)12-9(15)7-16-14(18-12)21-3/h4-7H,1-3H3,(H,17,19). The minimum Gasteiger partial charge on any atom is -0.495 e.